The molecule has 0 bridgehead atoms. The molecule has 2 aromatic heterocycles. The number of pyridine rings is 2. The van der Waals surface area contributed by atoms with Crippen LogP contribution in [0.1, 0.15) is 63.9 Å². The van der Waals surface area contributed by atoms with E-state index < -0.39 is 0 Å². The summed E-state index contributed by atoms with van der Waals surface area (Å²) in [7, 11) is 0. The van der Waals surface area contributed by atoms with E-state index in [-0.39, 0.29) is 0 Å². The standard InChI is InChI=1S/C19H26N2/c1-3-5-9-16(10-6-4-2)17-12-14-21-19(15-17)18-11-7-8-13-20-18/h7-8,11-16H,3-6,9-10H2,1-2H3. The van der Waals surface area contributed by atoms with Crippen molar-refractivity contribution in [2.24, 2.45) is 0 Å². The van der Waals surface area contributed by atoms with Crippen molar-refractivity contribution in [3.05, 3.63) is 48.3 Å². The van der Waals surface area contributed by atoms with Crippen molar-refractivity contribution in [3.8, 4) is 11.4 Å². The van der Waals surface area contributed by atoms with Gasteiger partial charge in [0.1, 0.15) is 0 Å². The van der Waals surface area contributed by atoms with E-state index in [1.54, 1.807) is 0 Å². The van der Waals surface area contributed by atoms with Crippen molar-refractivity contribution in [1.29, 1.82) is 0 Å². The lowest BCUT2D eigenvalue weighted by Gasteiger charge is -2.17. The highest BCUT2D eigenvalue weighted by Gasteiger charge is 2.12. The smallest absolute Gasteiger partial charge is 0.0888 e. The molecule has 0 spiro atoms. The van der Waals surface area contributed by atoms with Crippen molar-refractivity contribution in [2.75, 3.05) is 0 Å². The molecule has 2 nitrogen and oxygen atoms in total. The fraction of sp³-hybridized carbons (Fsp3) is 0.474. The second-order valence-electron chi connectivity index (χ2n) is 5.67. The Kier molecular flexibility index (Phi) is 6.39. The van der Waals surface area contributed by atoms with E-state index in [1.165, 1.54) is 44.1 Å². The molecule has 0 aliphatic heterocycles. The van der Waals surface area contributed by atoms with Crippen molar-refractivity contribution in [1.82, 2.24) is 9.97 Å². The first-order chi connectivity index (χ1) is 10.3. The maximum absolute atomic E-state index is 4.49. The fourth-order valence-electron chi connectivity index (χ4n) is 2.73. The van der Waals surface area contributed by atoms with E-state index in [0.717, 1.165) is 11.4 Å². The number of rotatable bonds is 8. The van der Waals surface area contributed by atoms with Crippen LogP contribution < -0.4 is 0 Å². The Morgan fingerprint density at radius 2 is 1.57 bits per heavy atom. The summed E-state index contributed by atoms with van der Waals surface area (Å²) >= 11 is 0. The second kappa shape index (κ2) is 8.56. The van der Waals surface area contributed by atoms with Gasteiger partial charge in [-0.3, -0.25) is 9.97 Å². The first-order valence-corrected chi connectivity index (χ1v) is 8.22. The Balaban J connectivity index is 2.20. The molecule has 112 valence electrons. The number of hydrogen-bond acceptors (Lipinski definition) is 2. The molecule has 2 heterocycles. The third-order valence-corrected chi connectivity index (χ3v) is 3.99. The van der Waals surface area contributed by atoms with Crippen LogP contribution in [0.4, 0.5) is 0 Å². The normalized spacial score (nSPS) is 11.0. The van der Waals surface area contributed by atoms with Gasteiger partial charge in [0, 0.05) is 12.4 Å². The van der Waals surface area contributed by atoms with Gasteiger partial charge < -0.3 is 0 Å². The van der Waals surface area contributed by atoms with Crippen LogP contribution in [0.3, 0.4) is 0 Å². The minimum absolute atomic E-state index is 0.662. The molecular formula is C19H26N2. The zero-order chi connectivity index (χ0) is 14.9. The molecule has 0 N–H and O–H groups in total. The molecule has 0 unspecified atom stereocenters. The fourth-order valence-corrected chi connectivity index (χ4v) is 2.73. The van der Waals surface area contributed by atoms with Crippen LogP contribution in [0.5, 0.6) is 0 Å². The molecule has 0 atom stereocenters. The van der Waals surface area contributed by atoms with Gasteiger partial charge in [0.25, 0.3) is 0 Å². The maximum atomic E-state index is 4.49. The number of aromatic nitrogens is 2. The van der Waals surface area contributed by atoms with Gasteiger partial charge in [-0.1, -0.05) is 45.6 Å². The van der Waals surface area contributed by atoms with Gasteiger partial charge in [0.15, 0.2) is 0 Å². The van der Waals surface area contributed by atoms with Gasteiger partial charge in [-0.15, -0.1) is 0 Å². The first-order valence-electron chi connectivity index (χ1n) is 8.22. The molecule has 21 heavy (non-hydrogen) atoms. The van der Waals surface area contributed by atoms with E-state index >= 15 is 0 Å². The molecular weight excluding hydrogens is 256 g/mol. The molecule has 0 fully saturated rings. The maximum Gasteiger partial charge on any atom is 0.0888 e. The lowest BCUT2D eigenvalue weighted by atomic mass is 9.89. The third-order valence-electron chi connectivity index (χ3n) is 3.99. The van der Waals surface area contributed by atoms with E-state index in [0.29, 0.717) is 5.92 Å². The van der Waals surface area contributed by atoms with Crippen LogP contribution in [0.2, 0.25) is 0 Å². The molecule has 0 aromatic carbocycles. The Morgan fingerprint density at radius 1 is 0.857 bits per heavy atom. The molecule has 0 amide bonds. The zero-order valence-electron chi connectivity index (χ0n) is 13.3. The van der Waals surface area contributed by atoms with Gasteiger partial charge in [-0.25, -0.2) is 0 Å². The Morgan fingerprint density at radius 3 is 2.19 bits per heavy atom. The molecule has 2 heteroatoms. The highest BCUT2D eigenvalue weighted by atomic mass is 14.8. The third kappa shape index (κ3) is 4.66. The molecule has 2 aromatic rings. The van der Waals surface area contributed by atoms with E-state index in [2.05, 4.69) is 35.9 Å². The Bertz CT molecular complexity index is 514. The lowest BCUT2D eigenvalue weighted by Crippen LogP contribution is -2.00. The van der Waals surface area contributed by atoms with Crippen LogP contribution in [0, 0.1) is 0 Å². The van der Waals surface area contributed by atoms with Crippen LogP contribution in [0.15, 0.2) is 42.7 Å². The number of hydrogen-bond donors (Lipinski definition) is 0. The minimum Gasteiger partial charge on any atom is -0.255 e. The SMILES string of the molecule is CCCCC(CCCC)c1ccnc(-c2ccccn2)c1. The summed E-state index contributed by atoms with van der Waals surface area (Å²) in [6.45, 7) is 4.53. The van der Waals surface area contributed by atoms with Crippen LogP contribution in [-0.4, -0.2) is 9.97 Å². The van der Waals surface area contributed by atoms with E-state index in [9.17, 15) is 0 Å². The molecule has 0 saturated heterocycles. The largest absolute Gasteiger partial charge is 0.255 e. The van der Waals surface area contributed by atoms with Gasteiger partial charge in [0.05, 0.1) is 11.4 Å². The quantitative estimate of drug-likeness (QED) is 0.629. The minimum atomic E-state index is 0.662. The first kappa shape index (κ1) is 15.7. The lowest BCUT2D eigenvalue weighted by molar-refractivity contribution is 0.524. The molecule has 0 aliphatic carbocycles. The van der Waals surface area contributed by atoms with Crippen molar-refractivity contribution in [2.45, 2.75) is 58.3 Å². The van der Waals surface area contributed by atoms with Gasteiger partial charge >= 0.3 is 0 Å². The second-order valence-corrected chi connectivity index (χ2v) is 5.67. The van der Waals surface area contributed by atoms with Crippen molar-refractivity contribution in [3.63, 3.8) is 0 Å². The topological polar surface area (TPSA) is 25.8 Å². The van der Waals surface area contributed by atoms with Crippen LogP contribution in [-0.2, 0) is 0 Å². The zero-order valence-corrected chi connectivity index (χ0v) is 13.3. The predicted octanol–water partition coefficient (Wildman–Crippen LogP) is 5.61. The Hall–Kier alpha value is -1.70. The number of unbranched alkanes of at least 4 members (excludes halogenated alkanes) is 2. The van der Waals surface area contributed by atoms with E-state index in [1.807, 2.05) is 30.6 Å². The Labute approximate surface area is 128 Å². The van der Waals surface area contributed by atoms with Gasteiger partial charge in [-0.05, 0) is 48.6 Å². The summed E-state index contributed by atoms with van der Waals surface area (Å²) in [6.07, 6.45) is 11.5. The van der Waals surface area contributed by atoms with E-state index in [4.69, 9.17) is 0 Å². The summed E-state index contributed by atoms with van der Waals surface area (Å²) in [4.78, 5) is 8.90. The monoisotopic (exact) mass is 282 g/mol. The van der Waals surface area contributed by atoms with Gasteiger partial charge in [0.2, 0.25) is 0 Å². The molecule has 0 saturated carbocycles. The summed E-state index contributed by atoms with van der Waals surface area (Å²) in [5.74, 6) is 0.662. The summed E-state index contributed by atoms with van der Waals surface area (Å²) in [6, 6.07) is 10.4. The highest BCUT2D eigenvalue weighted by Crippen LogP contribution is 2.29. The summed E-state index contributed by atoms with van der Waals surface area (Å²) in [5.41, 5.74) is 3.38. The highest BCUT2D eigenvalue weighted by molar-refractivity contribution is 5.54. The van der Waals surface area contributed by atoms with Crippen molar-refractivity contribution >= 4 is 0 Å². The average molecular weight is 282 g/mol. The van der Waals surface area contributed by atoms with Crippen molar-refractivity contribution < 1.29 is 0 Å². The van der Waals surface area contributed by atoms with Crippen LogP contribution >= 0.6 is 0 Å². The molecule has 0 aliphatic rings. The average Bonchev–Trinajstić information content (AvgIpc) is 2.56. The summed E-state index contributed by atoms with van der Waals surface area (Å²) < 4.78 is 0. The molecule has 0 radical (unpaired) electrons. The summed E-state index contributed by atoms with van der Waals surface area (Å²) in [5, 5.41) is 0. The predicted molar refractivity (Wildman–Crippen MR) is 89.3 cm³/mol. The van der Waals surface area contributed by atoms with Gasteiger partial charge in [-0.2, -0.15) is 0 Å². The van der Waals surface area contributed by atoms with Crippen LogP contribution in [0.25, 0.3) is 11.4 Å². The number of nitrogens with zero attached hydrogens (tertiary/aromatic N) is 2. The molecule has 2 rings (SSSR count).